The van der Waals surface area contributed by atoms with Crippen LogP contribution in [0.15, 0.2) is 24.3 Å². The lowest BCUT2D eigenvalue weighted by atomic mass is 9.90. The number of benzene rings is 1. The first-order chi connectivity index (χ1) is 10.7. The molecule has 0 saturated heterocycles. The molecule has 1 N–H and O–H groups in total. The number of hydrogen-bond acceptors (Lipinski definition) is 5. The molecule has 0 heterocycles. The van der Waals surface area contributed by atoms with E-state index in [4.69, 9.17) is 10.00 Å². The molecule has 0 saturated carbocycles. The van der Waals surface area contributed by atoms with Crippen LogP contribution in [0.5, 0.6) is 0 Å². The Hall–Kier alpha value is -2.86. The third-order valence-corrected chi connectivity index (χ3v) is 3.67. The zero-order chi connectivity index (χ0) is 17.6. The van der Waals surface area contributed by atoms with Crippen LogP contribution in [0, 0.1) is 28.6 Å². The van der Waals surface area contributed by atoms with E-state index < -0.39 is 23.5 Å². The Morgan fingerprint density at radius 2 is 1.74 bits per heavy atom. The molecule has 0 spiro atoms. The zero-order valence-electron chi connectivity index (χ0n) is 13.6. The Morgan fingerprint density at radius 3 is 2.17 bits per heavy atom. The van der Waals surface area contributed by atoms with E-state index in [9.17, 15) is 14.9 Å². The van der Waals surface area contributed by atoms with E-state index in [1.807, 2.05) is 19.9 Å². The monoisotopic (exact) mass is 313 g/mol. The number of hydrogen-bond donors (Lipinski definition) is 1. The van der Waals surface area contributed by atoms with Crippen molar-refractivity contribution in [2.24, 2.45) is 5.92 Å². The van der Waals surface area contributed by atoms with Crippen molar-refractivity contribution >= 4 is 11.9 Å². The molecule has 120 valence electrons. The normalized spacial score (nSPS) is 14.0. The minimum Gasteiger partial charge on any atom is -0.449 e. The molecule has 1 aromatic rings. The maximum absolute atomic E-state index is 12.1. The van der Waals surface area contributed by atoms with Crippen LogP contribution in [0.2, 0.25) is 0 Å². The third-order valence-electron chi connectivity index (χ3n) is 3.67. The van der Waals surface area contributed by atoms with E-state index in [0.717, 1.165) is 0 Å². The average Bonchev–Trinajstić information content (AvgIpc) is 2.54. The van der Waals surface area contributed by atoms with Gasteiger partial charge in [0.25, 0.3) is 5.91 Å². The number of nitrogens with zero attached hydrogens (tertiary/aromatic N) is 2. The fraction of sp³-hybridized carbons (Fsp3) is 0.412. The second kappa shape index (κ2) is 7.42. The second-order valence-electron chi connectivity index (χ2n) is 5.69. The standard InChI is InChI=1S/C17H19N3O3/c1-11(2)17(4,10-19)20-15(21)12(3)23-16(22)14-7-5-13(9-18)6-8-14/h5-8,11-12H,1-4H3,(H,20,21)/t12-,17+/m0/s1. The number of nitrogens with one attached hydrogen (secondary N) is 1. The van der Waals surface area contributed by atoms with Gasteiger partial charge in [-0.05, 0) is 44.0 Å². The molecule has 0 aliphatic carbocycles. The number of nitriles is 2. The Bertz CT molecular complexity index is 668. The number of rotatable bonds is 5. The van der Waals surface area contributed by atoms with Crippen LogP contribution >= 0.6 is 0 Å². The topological polar surface area (TPSA) is 103 Å². The van der Waals surface area contributed by atoms with Gasteiger partial charge in [-0.25, -0.2) is 4.79 Å². The van der Waals surface area contributed by atoms with Gasteiger partial charge in [-0.1, -0.05) is 13.8 Å². The minimum absolute atomic E-state index is 0.0992. The van der Waals surface area contributed by atoms with Crippen molar-refractivity contribution in [3.63, 3.8) is 0 Å². The fourth-order valence-corrected chi connectivity index (χ4v) is 1.62. The number of ether oxygens (including phenoxy) is 1. The summed E-state index contributed by atoms with van der Waals surface area (Å²) in [6.45, 7) is 6.69. The van der Waals surface area contributed by atoms with Crippen LogP contribution in [-0.4, -0.2) is 23.5 Å². The van der Waals surface area contributed by atoms with Crippen molar-refractivity contribution in [3.8, 4) is 12.1 Å². The van der Waals surface area contributed by atoms with Crippen molar-refractivity contribution in [1.82, 2.24) is 5.32 Å². The van der Waals surface area contributed by atoms with Gasteiger partial charge in [-0.15, -0.1) is 0 Å². The highest BCUT2D eigenvalue weighted by molar-refractivity contribution is 5.92. The summed E-state index contributed by atoms with van der Waals surface area (Å²) in [6, 6.07) is 9.91. The summed E-state index contributed by atoms with van der Waals surface area (Å²) in [7, 11) is 0. The van der Waals surface area contributed by atoms with Crippen molar-refractivity contribution in [2.45, 2.75) is 39.3 Å². The largest absolute Gasteiger partial charge is 0.449 e. The molecule has 1 amide bonds. The van der Waals surface area contributed by atoms with Gasteiger partial charge < -0.3 is 10.1 Å². The Morgan fingerprint density at radius 1 is 1.17 bits per heavy atom. The van der Waals surface area contributed by atoms with Crippen LogP contribution in [-0.2, 0) is 9.53 Å². The van der Waals surface area contributed by atoms with E-state index in [0.29, 0.717) is 5.56 Å². The molecule has 0 aliphatic rings. The number of amides is 1. The molecule has 1 aromatic carbocycles. The van der Waals surface area contributed by atoms with Gasteiger partial charge in [0.05, 0.1) is 23.3 Å². The lowest BCUT2D eigenvalue weighted by molar-refractivity contribution is -0.130. The van der Waals surface area contributed by atoms with Crippen molar-refractivity contribution in [3.05, 3.63) is 35.4 Å². The molecule has 0 radical (unpaired) electrons. The maximum Gasteiger partial charge on any atom is 0.338 e. The highest BCUT2D eigenvalue weighted by atomic mass is 16.5. The molecule has 0 aliphatic heterocycles. The van der Waals surface area contributed by atoms with Crippen LogP contribution in [0.25, 0.3) is 0 Å². The summed E-state index contributed by atoms with van der Waals surface area (Å²) in [5, 5.41) is 20.5. The fourth-order valence-electron chi connectivity index (χ4n) is 1.62. The smallest absolute Gasteiger partial charge is 0.338 e. The van der Waals surface area contributed by atoms with Gasteiger partial charge in [0.2, 0.25) is 0 Å². The maximum atomic E-state index is 12.1. The van der Waals surface area contributed by atoms with E-state index >= 15 is 0 Å². The lowest BCUT2D eigenvalue weighted by Crippen LogP contribution is -2.52. The highest BCUT2D eigenvalue weighted by Crippen LogP contribution is 2.16. The van der Waals surface area contributed by atoms with Crippen LogP contribution < -0.4 is 5.32 Å². The summed E-state index contributed by atoms with van der Waals surface area (Å²) in [5.74, 6) is -1.30. The van der Waals surface area contributed by atoms with Gasteiger partial charge in [-0.2, -0.15) is 10.5 Å². The van der Waals surface area contributed by atoms with Gasteiger partial charge in [-0.3, -0.25) is 4.79 Å². The van der Waals surface area contributed by atoms with Crippen LogP contribution in [0.3, 0.4) is 0 Å². The minimum atomic E-state index is -1.04. The van der Waals surface area contributed by atoms with Gasteiger partial charge >= 0.3 is 5.97 Å². The number of carbonyl (C=O) groups is 2. The number of carbonyl (C=O) groups excluding carboxylic acids is 2. The highest BCUT2D eigenvalue weighted by Gasteiger charge is 2.32. The van der Waals surface area contributed by atoms with E-state index in [2.05, 4.69) is 11.4 Å². The first-order valence-electron chi connectivity index (χ1n) is 7.18. The summed E-state index contributed by atoms with van der Waals surface area (Å²) < 4.78 is 5.10. The van der Waals surface area contributed by atoms with E-state index in [1.54, 1.807) is 6.92 Å². The molecule has 0 unspecified atom stereocenters. The zero-order valence-corrected chi connectivity index (χ0v) is 13.6. The molecule has 0 fully saturated rings. The molecule has 2 atom stereocenters. The van der Waals surface area contributed by atoms with Gasteiger partial charge in [0.15, 0.2) is 6.10 Å². The molecule has 0 aromatic heterocycles. The third kappa shape index (κ3) is 4.55. The van der Waals surface area contributed by atoms with Crippen molar-refractivity contribution < 1.29 is 14.3 Å². The van der Waals surface area contributed by atoms with E-state index in [1.165, 1.54) is 31.2 Å². The molecule has 6 nitrogen and oxygen atoms in total. The summed E-state index contributed by atoms with van der Waals surface area (Å²) in [5.41, 5.74) is -0.365. The Labute approximate surface area is 135 Å². The summed E-state index contributed by atoms with van der Waals surface area (Å²) in [6.07, 6.45) is -1.04. The predicted octanol–water partition coefficient (Wildman–Crippen LogP) is 2.16. The molecular weight excluding hydrogens is 294 g/mol. The first kappa shape index (κ1) is 18.2. The molecular formula is C17H19N3O3. The van der Waals surface area contributed by atoms with Crippen LogP contribution in [0.1, 0.15) is 43.6 Å². The van der Waals surface area contributed by atoms with Crippen LogP contribution in [0.4, 0.5) is 0 Å². The summed E-state index contributed by atoms with van der Waals surface area (Å²) >= 11 is 0. The predicted molar refractivity (Wildman–Crippen MR) is 83.0 cm³/mol. The quantitative estimate of drug-likeness (QED) is 0.839. The molecule has 23 heavy (non-hydrogen) atoms. The Kier molecular flexibility index (Phi) is 5.87. The molecule has 6 heteroatoms. The van der Waals surface area contributed by atoms with E-state index in [-0.39, 0.29) is 11.5 Å². The van der Waals surface area contributed by atoms with Gasteiger partial charge in [0.1, 0.15) is 5.54 Å². The SMILES string of the molecule is CC(C)[C@@](C)(C#N)NC(=O)[C@H](C)OC(=O)c1ccc(C#N)cc1. The van der Waals surface area contributed by atoms with Crippen molar-refractivity contribution in [2.75, 3.05) is 0 Å². The van der Waals surface area contributed by atoms with Gasteiger partial charge in [0, 0.05) is 0 Å². The molecule has 1 rings (SSSR count). The average molecular weight is 313 g/mol. The lowest BCUT2D eigenvalue weighted by Gasteiger charge is -2.28. The Balaban J connectivity index is 2.73. The molecule has 0 bridgehead atoms. The number of esters is 1. The second-order valence-corrected chi connectivity index (χ2v) is 5.69. The first-order valence-corrected chi connectivity index (χ1v) is 7.18. The summed E-state index contributed by atoms with van der Waals surface area (Å²) in [4.78, 5) is 24.1. The van der Waals surface area contributed by atoms with Crippen molar-refractivity contribution in [1.29, 1.82) is 10.5 Å².